The Labute approximate surface area is 57.4 Å². The van der Waals surface area contributed by atoms with E-state index in [1.165, 1.54) is 0 Å². The van der Waals surface area contributed by atoms with E-state index in [0.717, 1.165) is 31.0 Å². The van der Waals surface area contributed by atoms with Crippen LogP contribution in [0.5, 0.6) is 0 Å². The van der Waals surface area contributed by atoms with Gasteiger partial charge in [0.1, 0.15) is 0 Å². The van der Waals surface area contributed by atoms with Gasteiger partial charge in [0.05, 0.1) is 0 Å². The van der Waals surface area contributed by atoms with Gasteiger partial charge in [0.2, 0.25) is 0 Å². The summed E-state index contributed by atoms with van der Waals surface area (Å²) in [6.45, 7) is 8.78. The molecule has 0 radical (unpaired) electrons. The maximum atomic E-state index is 5.33. The number of ether oxygens (including phenoxy) is 1. The van der Waals surface area contributed by atoms with Gasteiger partial charge in [-0.3, -0.25) is 0 Å². The minimum atomic E-state index is 0.782. The van der Waals surface area contributed by atoms with Gasteiger partial charge in [0, 0.05) is 13.2 Å². The van der Waals surface area contributed by atoms with E-state index in [2.05, 4.69) is 20.8 Å². The standard InChI is InChI=1S/C8H16O/c1-6(2)8-5-9-4-7(8)3/h6-8H,4-5H2,1-3H3/t7?,8-/m1/s1. The van der Waals surface area contributed by atoms with E-state index >= 15 is 0 Å². The molecule has 0 aromatic rings. The Hall–Kier alpha value is -0.0400. The highest BCUT2D eigenvalue weighted by atomic mass is 16.5. The number of hydrogen-bond donors (Lipinski definition) is 0. The minimum Gasteiger partial charge on any atom is -0.381 e. The maximum Gasteiger partial charge on any atom is 0.0500 e. The Morgan fingerprint density at radius 1 is 1.33 bits per heavy atom. The molecule has 0 N–H and O–H groups in total. The molecule has 2 atom stereocenters. The third-order valence-corrected chi connectivity index (χ3v) is 2.28. The summed E-state index contributed by atoms with van der Waals surface area (Å²) in [6.07, 6.45) is 0. The topological polar surface area (TPSA) is 9.23 Å². The fourth-order valence-electron chi connectivity index (χ4n) is 1.53. The van der Waals surface area contributed by atoms with Crippen LogP contribution in [-0.4, -0.2) is 13.2 Å². The molecule has 0 amide bonds. The van der Waals surface area contributed by atoms with Crippen molar-refractivity contribution in [3.63, 3.8) is 0 Å². The number of rotatable bonds is 1. The van der Waals surface area contributed by atoms with Crippen molar-refractivity contribution in [2.75, 3.05) is 13.2 Å². The van der Waals surface area contributed by atoms with Crippen molar-refractivity contribution in [3.8, 4) is 0 Å². The maximum absolute atomic E-state index is 5.33. The van der Waals surface area contributed by atoms with E-state index < -0.39 is 0 Å². The molecule has 0 saturated carbocycles. The lowest BCUT2D eigenvalue weighted by atomic mass is 9.88. The molecule has 0 aromatic carbocycles. The molecule has 1 aliphatic heterocycles. The largest absolute Gasteiger partial charge is 0.381 e. The van der Waals surface area contributed by atoms with Gasteiger partial charge in [-0.05, 0) is 17.8 Å². The molecule has 54 valence electrons. The zero-order chi connectivity index (χ0) is 6.85. The third kappa shape index (κ3) is 1.45. The molecule has 1 saturated heterocycles. The summed E-state index contributed by atoms with van der Waals surface area (Å²) >= 11 is 0. The smallest absolute Gasteiger partial charge is 0.0500 e. The molecule has 0 bridgehead atoms. The SMILES string of the molecule is CC(C)[C@H]1COCC1C. The summed E-state index contributed by atoms with van der Waals surface area (Å²) in [6, 6.07) is 0. The Morgan fingerprint density at radius 2 is 2.00 bits per heavy atom. The summed E-state index contributed by atoms with van der Waals surface area (Å²) < 4.78 is 5.33. The monoisotopic (exact) mass is 128 g/mol. The first-order valence-corrected chi connectivity index (χ1v) is 3.79. The first-order chi connectivity index (χ1) is 4.22. The normalized spacial score (nSPS) is 36.0. The van der Waals surface area contributed by atoms with Crippen LogP contribution in [0.25, 0.3) is 0 Å². The molecule has 1 rings (SSSR count). The van der Waals surface area contributed by atoms with Gasteiger partial charge >= 0.3 is 0 Å². The van der Waals surface area contributed by atoms with Crippen molar-refractivity contribution in [2.45, 2.75) is 20.8 Å². The molecule has 1 heterocycles. The molecule has 1 nitrogen and oxygen atoms in total. The second-order valence-corrected chi connectivity index (χ2v) is 3.42. The van der Waals surface area contributed by atoms with Gasteiger partial charge in [0.25, 0.3) is 0 Å². The number of hydrogen-bond acceptors (Lipinski definition) is 1. The Balaban J connectivity index is 2.40. The molecule has 1 fully saturated rings. The lowest BCUT2D eigenvalue weighted by molar-refractivity contribution is 0.175. The predicted octanol–water partition coefficient (Wildman–Crippen LogP) is 1.92. The fraction of sp³-hybridized carbons (Fsp3) is 1.00. The van der Waals surface area contributed by atoms with Crippen molar-refractivity contribution in [3.05, 3.63) is 0 Å². The van der Waals surface area contributed by atoms with Crippen LogP contribution in [0.3, 0.4) is 0 Å². The van der Waals surface area contributed by atoms with Crippen LogP contribution in [0, 0.1) is 17.8 Å². The lowest BCUT2D eigenvalue weighted by Gasteiger charge is -2.16. The summed E-state index contributed by atoms with van der Waals surface area (Å²) in [4.78, 5) is 0. The summed E-state index contributed by atoms with van der Waals surface area (Å²) in [5, 5.41) is 0. The van der Waals surface area contributed by atoms with Gasteiger partial charge < -0.3 is 4.74 Å². The van der Waals surface area contributed by atoms with Crippen LogP contribution in [0.2, 0.25) is 0 Å². The van der Waals surface area contributed by atoms with Crippen molar-refractivity contribution in [2.24, 2.45) is 17.8 Å². The van der Waals surface area contributed by atoms with E-state index in [1.807, 2.05) is 0 Å². The molecule has 0 spiro atoms. The first kappa shape index (κ1) is 7.07. The quantitative estimate of drug-likeness (QED) is 0.524. The second-order valence-electron chi connectivity index (χ2n) is 3.42. The van der Waals surface area contributed by atoms with E-state index in [1.54, 1.807) is 0 Å². The van der Waals surface area contributed by atoms with Gasteiger partial charge in [0.15, 0.2) is 0 Å². The second kappa shape index (κ2) is 2.70. The van der Waals surface area contributed by atoms with Crippen LogP contribution in [0.1, 0.15) is 20.8 Å². The molecule has 1 aliphatic rings. The molecule has 0 aliphatic carbocycles. The summed E-state index contributed by atoms with van der Waals surface area (Å²) in [7, 11) is 0. The van der Waals surface area contributed by atoms with Crippen LogP contribution >= 0.6 is 0 Å². The van der Waals surface area contributed by atoms with Gasteiger partial charge in [-0.1, -0.05) is 20.8 Å². The highest BCUT2D eigenvalue weighted by Crippen LogP contribution is 2.26. The van der Waals surface area contributed by atoms with E-state index in [4.69, 9.17) is 4.74 Å². The Kier molecular flexibility index (Phi) is 2.12. The average molecular weight is 128 g/mol. The molecule has 1 heteroatoms. The zero-order valence-electron chi connectivity index (χ0n) is 6.55. The van der Waals surface area contributed by atoms with Crippen molar-refractivity contribution < 1.29 is 4.74 Å². The van der Waals surface area contributed by atoms with Crippen LogP contribution in [0.15, 0.2) is 0 Å². The molecule has 9 heavy (non-hydrogen) atoms. The zero-order valence-corrected chi connectivity index (χ0v) is 6.55. The third-order valence-electron chi connectivity index (χ3n) is 2.28. The van der Waals surface area contributed by atoms with E-state index in [9.17, 15) is 0 Å². The van der Waals surface area contributed by atoms with E-state index in [-0.39, 0.29) is 0 Å². The van der Waals surface area contributed by atoms with E-state index in [0.29, 0.717) is 0 Å². The first-order valence-electron chi connectivity index (χ1n) is 3.79. The molecule has 1 unspecified atom stereocenters. The summed E-state index contributed by atoms with van der Waals surface area (Å²) in [5.41, 5.74) is 0. The molecular formula is C8H16O. The lowest BCUT2D eigenvalue weighted by Crippen LogP contribution is -2.14. The van der Waals surface area contributed by atoms with Crippen molar-refractivity contribution in [1.82, 2.24) is 0 Å². The summed E-state index contributed by atoms with van der Waals surface area (Å²) in [5.74, 6) is 2.39. The molecule has 0 aromatic heterocycles. The highest BCUT2D eigenvalue weighted by Gasteiger charge is 2.26. The van der Waals surface area contributed by atoms with Crippen molar-refractivity contribution >= 4 is 0 Å². The predicted molar refractivity (Wildman–Crippen MR) is 38.3 cm³/mol. The minimum absolute atomic E-state index is 0.782. The Morgan fingerprint density at radius 3 is 2.22 bits per heavy atom. The average Bonchev–Trinajstić information content (AvgIpc) is 2.13. The van der Waals surface area contributed by atoms with Gasteiger partial charge in [-0.25, -0.2) is 0 Å². The fourth-order valence-corrected chi connectivity index (χ4v) is 1.53. The molecular weight excluding hydrogens is 112 g/mol. The van der Waals surface area contributed by atoms with Gasteiger partial charge in [-0.15, -0.1) is 0 Å². The van der Waals surface area contributed by atoms with Crippen LogP contribution < -0.4 is 0 Å². The van der Waals surface area contributed by atoms with Crippen LogP contribution in [0.4, 0.5) is 0 Å². The van der Waals surface area contributed by atoms with Gasteiger partial charge in [-0.2, -0.15) is 0 Å². The Bertz CT molecular complexity index is 88.6. The van der Waals surface area contributed by atoms with Crippen LogP contribution in [-0.2, 0) is 4.74 Å². The highest BCUT2D eigenvalue weighted by molar-refractivity contribution is 4.73. The van der Waals surface area contributed by atoms with Crippen molar-refractivity contribution in [1.29, 1.82) is 0 Å².